The number of ether oxygens (including phenoxy) is 1. The first-order valence-electron chi connectivity index (χ1n) is 6.20. The van der Waals surface area contributed by atoms with Crippen molar-refractivity contribution in [3.8, 4) is 5.75 Å². The van der Waals surface area contributed by atoms with Crippen LogP contribution in [-0.2, 0) is 5.54 Å². The van der Waals surface area contributed by atoms with Gasteiger partial charge in [0.25, 0.3) is 0 Å². The Hall–Kier alpha value is -1.09. The molecule has 2 nitrogen and oxygen atoms in total. The van der Waals surface area contributed by atoms with Crippen molar-refractivity contribution < 1.29 is 9.13 Å². The summed E-state index contributed by atoms with van der Waals surface area (Å²) >= 11 is 0. The topological polar surface area (TPSA) is 35.2 Å². The molecule has 2 rings (SSSR count). The van der Waals surface area contributed by atoms with Crippen LogP contribution in [0.15, 0.2) is 12.1 Å². The molecule has 1 aliphatic carbocycles. The van der Waals surface area contributed by atoms with Crippen molar-refractivity contribution in [1.82, 2.24) is 0 Å². The smallest absolute Gasteiger partial charge is 0.131 e. The van der Waals surface area contributed by atoms with Gasteiger partial charge >= 0.3 is 0 Å². The van der Waals surface area contributed by atoms with Crippen molar-refractivity contribution >= 4 is 0 Å². The zero-order valence-corrected chi connectivity index (χ0v) is 10.6. The van der Waals surface area contributed by atoms with Gasteiger partial charge in [0.15, 0.2) is 0 Å². The van der Waals surface area contributed by atoms with Crippen LogP contribution in [0.1, 0.15) is 43.2 Å². The van der Waals surface area contributed by atoms with Crippen molar-refractivity contribution in [2.75, 3.05) is 7.11 Å². The Balaban J connectivity index is 2.45. The molecule has 1 aromatic carbocycles. The van der Waals surface area contributed by atoms with Crippen LogP contribution in [0.3, 0.4) is 0 Å². The summed E-state index contributed by atoms with van der Waals surface area (Å²) in [6, 6.07) is 3.47. The van der Waals surface area contributed by atoms with Crippen molar-refractivity contribution in [2.45, 2.75) is 44.6 Å². The Morgan fingerprint density at radius 2 is 1.88 bits per heavy atom. The van der Waals surface area contributed by atoms with Crippen molar-refractivity contribution in [2.24, 2.45) is 5.73 Å². The molecule has 0 heterocycles. The Labute approximate surface area is 102 Å². The minimum Gasteiger partial charge on any atom is -0.497 e. The first-order chi connectivity index (χ1) is 8.07. The van der Waals surface area contributed by atoms with Crippen LogP contribution in [-0.4, -0.2) is 7.11 Å². The lowest BCUT2D eigenvalue weighted by molar-refractivity contribution is 0.290. The van der Waals surface area contributed by atoms with E-state index in [1.54, 1.807) is 26.2 Å². The maximum Gasteiger partial charge on any atom is 0.131 e. The Bertz CT molecular complexity index is 411. The molecule has 17 heavy (non-hydrogen) atoms. The van der Waals surface area contributed by atoms with Gasteiger partial charge in [-0.25, -0.2) is 4.39 Å². The minimum atomic E-state index is -0.512. The third-order valence-corrected chi connectivity index (χ3v) is 3.75. The highest BCUT2D eigenvalue weighted by atomic mass is 19.1. The quantitative estimate of drug-likeness (QED) is 0.856. The molecule has 1 saturated carbocycles. The molecule has 1 fully saturated rings. The van der Waals surface area contributed by atoms with Gasteiger partial charge in [0, 0.05) is 11.1 Å². The van der Waals surface area contributed by atoms with Crippen LogP contribution < -0.4 is 10.5 Å². The highest BCUT2D eigenvalue weighted by Gasteiger charge is 2.32. The van der Waals surface area contributed by atoms with Crippen LogP contribution in [0.25, 0.3) is 0 Å². The van der Waals surface area contributed by atoms with Crippen LogP contribution in [0.5, 0.6) is 5.75 Å². The zero-order chi connectivity index (χ0) is 12.5. The fraction of sp³-hybridized carbons (Fsp3) is 0.571. The van der Waals surface area contributed by atoms with Crippen LogP contribution in [0, 0.1) is 12.7 Å². The Morgan fingerprint density at radius 3 is 2.47 bits per heavy atom. The Morgan fingerprint density at radius 1 is 1.24 bits per heavy atom. The van der Waals surface area contributed by atoms with Crippen LogP contribution >= 0.6 is 0 Å². The van der Waals surface area contributed by atoms with Crippen molar-refractivity contribution in [3.05, 3.63) is 29.1 Å². The third-order valence-electron chi connectivity index (χ3n) is 3.75. The molecule has 3 heteroatoms. The molecule has 0 atom stereocenters. The monoisotopic (exact) mass is 237 g/mol. The maximum atomic E-state index is 14.2. The van der Waals surface area contributed by atoms with Gasteiger partial charge in [-0.05, 0) is 37.5 Å². The molecular weight excluding hydrogens is 217 g/mol. The predicted molar refractivity (Wildman–Crippen MR) is 66.6 cm³/mol. The van der Waals surface area contributed by atoms with Crippen molar-refractivity contribution in [1.29, 1.82) is 0 Å². The van der Waals surface area contributed by atoms with E-state index in [1.165, 1.54) is 6.42 Å². The summed E-state index contributed by atoms with van der Waals surface area (Å²) < 4.78 is 19.4. The maximum absolute atomic E-state index is 14.2. The second kappa shape index (κ2) is 4.65. The van der Waals surface area contributed by atoms with Gasteiger partial charge in [0.1, 0.15) is 11.6 Å². The number of halogens is 1. The Kier molecular flexibility index (Phi) is 3.38. The number of rotatable bonds is 2. The van der Waals surface area contributed by atoms with E-state index in [1.807, 2.05) is 0 Å². The predicted octanol–water partition coefficient (Wildman–Crippen LogP) is 3.26. The number of aryl methyl sites for hydroxylation is 1. The second-order valence-corrected chi connectivity index (χ2v) is 5.02. The molecule has 0 bridgehead atoms. The van der Waals surface area contributed by atoms with E-state index in [0.717, 1.165) is 25.7 Å². The van der Waals surface area contributed by atoms with Gasteiger partial charge in [0.2, 0.25) is 0 Å². The van der Waals surface area contributed by atoms with E-state index >= 15 is 0 Å². The number of benzene rings is 1. The van der Waals surface area contributed by atoms with E-state index in [-0.39, 0.29) is 5.82 Å². The van der Waals surface area contributed by atoms with E-state index in [4.69, 9.17) is 10.5 Å². The van der Waals surface area contributed by atoms with Crippen molar-refractivity contribution in [3.63, 3.8) is 0 Å². The molecule has 0 spiro atoms. The lowest BCUT2D eigenvalue weighted by Gasteiger charge is -2.34. The summed E-state index contributed by atoms with van der Waals surface area (Å²) in [6.45, 7) is 1.76. The van der Waals surface area contributed by atoms with Gasteiger partial charge in [-0.15, -0.1) is 0 Å². The van der Waals surface area contributed by atoms with E-state index < -0.39 is 5.54 Å². The van der Waals surface area contributed by atoms with E-state index in [0.29, 0.717) is 16.9 Å². The summed E-state index contributed by atoms with van der Waals surface area (Å²) in [5.74, 6) is 0.518. The van der Waals surface area contributed by atoms with Gasteiger partial charge in [0.05, 0.1) is 7.11 Å². The number of hydrogen-bond donors (Lipinski definition) is 1. The van der Waals surface area contributed by atoms with Gasteiger partial charge in [-0.1, -0.05) is 19.3 Å². The molecule has 0 aromatic heterocycles. The van der Waals surface area contributed by atoms with Crippen LogP contribution in [0.2, 0.25) is 0 Å². The zero-order valence-electron chi connectivity index (χ0n) is 10.6. The fourth-order valence-corrected chi connectivity index (χ4v) is 2.67. The molecule has 0 aliphatic heterocycles. The molecule has 0 saturated heterocycles. The second-order valence-electron chi connectivity index (χ2n) is 5.02. The molecule has 2 N–H and O–H groups in total. The molecule has 1 aromatic rings. The number of hydrogen-bond acceptors (Lipinski definition) is 2. The standard InChI is InChI=1S/C14H20FNO/c1-10-8-11(17-2)9-12(13(10)15)14(16)6-4-3-5-7-14/h8-9H,3-7,16H2,1-2H3. The summed E-state index contributed by atoms with van der Waals surface area (Å²) in [4.78, 5) is 0. The normalized spacial score (nSPS) is 19.1. The van der Waals surface area contributed by atoms with E-state index in [2.05, 4.69) is 0 Å². The first kappa shape index (κ1) is 12.4. The van der Waals surface area contributed by atoms with Gasteiger partial charge in [-0.2, -0.15) is 0 Å². The number of methoxy groups -OCH3 is 1. The fourth-order valence-electron chi connectivity index (χ4n) is 2.67. The van der Waals surface area contributed by atoms with E-state index in [9.17, 15) is 4.39 Å². The molecule has 1 aliphatic rings. The number of nitrogens with two attached hydrogens (primary N) is 1. The highest BCUT2D eigenvalue weighted by molar-refractivity contribution is 5.39. The molecule has 0 radical (unpaired) electrons. The average Bonchev–Trinajstić information content (AvgIpc) is 2.33. The largest absolute Gasteiger partial charge is 0.497 e. The summed E-state index contributed by atoms with van der Waals surface area (Å²) in [6.07, 6.45) is 5.06. The lowest BCUT2D eigenvalue weighted by atomic mass is 9.77. The average molecular weight is 237 g/mol. The summed E-state index contributed by atoms with van der Waals surface area (Å²) in [5, 5.41) is 0. The molecule has 94 valence electrons. The van der Waals surface area contributed by atoms with Gasteiger partial charge < -0.3 is 10.5 Å². The van der Waals surface area contributed by atoms with Crippen LogP contribution in [0.4, 0.5) is 4.39 Å². The first-order valence-corrected chi connectivity index (χ1v) is 6.20. The molecule has 0 unspecified atom stereocenters. The molecular formula is C14H20FNO. The van der Waals surface area contributed by atoms with Gasteiger partial charge in [-0.3, -0.25) is 0 Å². The summed E-state index contributed by atoms with van der Waals surface area (Å²) in [7, 11) is 1.60. The highest BCUT2D eigenvalue weighted by Crippen LogP contribution is 2.38. The summed E-state index contributed by atoms with van der Waals surface area (Å²) in [5.41, 5.74) is 7.09. The lowest BCUT2D eigenvalue weighted by Crippen LogP contribution is -2.39. The minimum absolute atomic E-state index is 0.171. The third kappa shape index (κ3) is 2.29. The SMILES string of the molecule is COc1cc(C)c(F)c(C2(N)CCCCC2)c1. The molecule has 0 amide bonds.